The van der Waals surface area contributed by atoms with E-state index in [9.17, 15) is 25.9 Å². The van der Waals surface area contributed by atoms with Crippen molar-refractivity contribution in [3.63, 3.8) is 0 Å². The Labute approximate surface area is 82.2 Å². The zero-order valence-electron chi connectivity index (χ0n) is 6.87. The first-order valence-corrected chi connectivity index (χ1v) is 4.79. The van der Waals surface area contributed by atoms with E-state index in [1.165, 1.54) is 0 Å². The van der Waals surface area contributed by atoms with Gasteiger partial charge in [0.2, 0.25) is 0 Å². The van der Waals surface area contributed by atoms with E-state index in [2.05, 4.69) is 0 Å². The van der Waals surface area contributed by atoms with E-state index < -0.39 is 38.3 Å². The maximum atomic E-state index is 12.8. The molecule has 1 rings (SSSR count). The molecule has 0 aliphatic rings. The van der Waals surface area contributed by atoms with Crippen molar-refractivity contribution >= 4 is 16.2 Å². The molecule has 0 amide bonds. The third-order valence-electron chi connectivity index (χ3n) is 1.51. The Kier molecular flexibility index (Phi) is 2.71. The van der Waals surface area contributed by atoms with Crippen LogP contribution in [0.3, 0.4) is 0 Å². The highest BCUT2D eigenvalue weighted by Gasteiger charge is 2.22. The quantitative estimate of drug-likeness (QED) is 0.791. The van der Waals surface area contributed by atoms with Crippen LogP contribution in [0.4, 0.5) is 12.7 Å². The summed E-state index contributed by atoms with van der Waals surface area (Å²) in [6.07, 6.45) is 0. The maximum Gasteiger partial charge on any atom is 0.341 e. The Morgan fingerprint density at radius 2 is 1.60 bits per heavy atom. The van der Waals surface area contributed by atoms with E-state index in [-0.39, 0.29) is 12.1 Å². The van der Waals surface area contributed by atoms with Crippen LogP contribution in [0.1, 0.15) is 10.4 Å². The average molecular weight is 240 g/mol. The van der Waals surface area contributed by atoms with Crippen molar-refractivity contribution in [1.82, 2.24) is 0 Å². The number of halogens is 3. The summed E-state index contributed by atoms with van der Waals surface area (Å²) in [5.41, 5.74) is -1.33. The Hall–Kier alpha value is -1.57. The first kappa shape index (κ1) is 11.5. The molecule has 0 aromatic heterocycles. The molecular formula is C7H3F3O4S. The fourth-order valence-corrected chi connectivity index (χ4v) is 1.38. The number of rotatable bonds is 2. The van der Waals surface area contributed by atoms with Crippen LogP contribution in [0.5, 0.6) is 0 Å². The van der Waals surface area contributed by atoms with Gasteiger partial charge < -0.3 is 5.11 Å². The SMILES string of the molecule is O=C(O)c1c(F)cc(S(=O)(=O)F)cc1F. The molecule has 0 aliphatic carbocycles. The van der Waals surface area contributed by atoms with Crippen LogP contribution in [0, 0.1) is 11.6 Å². The molecule has 1 N–H and O–H groups in total. The second kappa shape index (κ2) is 3.54. The number of benzene rings is 1. The topological polar surface area (TPSA) is 71.4 Å². The summed E-state index contributed by atoms with van der Waals surface area (Å²) in [6.45, 7) is 0. The molecule has 0 unspecified atom stereocenters. The number of hydrogen-bond acceptors (Lipinski definition) is 3. The molecule has 0 radical (unpaired) electrons. The summed E-state index contributed by atoms with van der Waals surface area (Å²) in [4.78, 5) is 9.02. The van der Waals surface area contributed by atoms with Gasteiger partial charge in [-0.05, 0) is 12.1 Å². The van der Waals surface area contributed by atoms with Gasteiger partial charge >= 0.3 is 16.2 Å². The predicted molar refractivity (Wildman–Crippen MR) is 41.6 cm³/mol. The van der Waals surface area contributed by atoms with Crippen molar-refractivity contribution in [2.75, 3.05) is 0 Å². The normalized spacial score (nSPS) is 11.4. The minimum atomic E-state index is -5.26. The summed E-state index contributed by atoms with van der Waals surface area (Å²) in [5.74, 6) is -5.22. The molecule has 0 saturated heterocycles. The molecule has 0 fully saturated rings. The lowest BCUT2D eigenvalue weighted by Crippen LogP contribution is -2.06. The summed E-state index contributed by atoms with van der Waals surface area (Å²) < 4.78 is 58.5. The monoisotopic (exact) mass is 240 g/mol. The van der Waals surface area contributed by atoms with Crippen molar-refractivity contribution < 1.29 is 31.0 Å². The Morgan fingerprint density at radius 1 is 1.20 bits per heavy atom. The molecule has 0 atom stereocenters. The van der Waals surface area contributed by atoms with Crippen molar-refractivity contribution in [2.45, 2.75) is 4.90 Å². The minimum Gasteiger partial charge on any atom is -0.477 e. The number of carbonyl (C=O) groups is 1. The Morgan fingerprint density at radius 3 is 1.87 bits per heavy atom. The fraction of sp³-hybridized carbons (Fsp3) is 0. The molecule has 82 valence electrons. The molecule has 0 bridgehead atoms. The van der Waals surface area contributed by atoms with Crippen molar-refractivity contribution in [3.05, 3.63) is 29.3 Å². The molecule has 0 saturated carbocycles. The molecule has 8 heteroatoms. The predicted octanol–water partition coefficient (Wildman–Crippen LogP) is 1.32. The highest BCUT2D eigenvalue weighted by molar-refractivity contribution is 7.86. The van der Waals surface area contributed by atoms with E-state index in [0.717, 1.165) is 0 Å². The summed E-state index contributed by atoms with van der Waals surface area (Å²) >= 11 is 0. The second-order valence-electron chi connectivity index (χ2n) is 2.50. The van der Waals surface area contributed by atoms with Crippen LogP contribution in [0.2, 0.25) is 0 Å². The Balaban J connectivity index is 3.52. The highest BCUT2D eigenvalue weighted by atomic mass is 32.3. The smallest absolute Gasteiger partial charge is 0.341 e. The molecule has 15 heavy (non-hydrogen) atoms. The molecule has 1 aromatic carbocycles. The van der Waals surface area contributed by atoms with Gasteiger partial charge in [0, 0.05) is 0 Å². The third kappa shape index (κ3) is 2.27. The molecule has 1 aromatic rings. The van der Waals surface area contributed by atoms with Gasteiger partial charge in [-0.15, -0.1) is 3.89 Å². The van der Waals surface area contributed by atoms with Gasteiger partial charge in [0.05, 0.1) is 0 Å². The zero-order chi connectivity index (χ0) is 11.8. The van der Waals surface area contributed by atoms with E-state index in [1.807, 2.05) is 0 Å². The number of carboxylic acid groups (broad SMARTS) is 1. The highest BCUT2D eigenvalue weighted by Crippen LogP contribution is 2.20. The van der Waals surface area contributed by atoms with Crippen LogP contribution >= 0.6 is 0 Å². The lowest BCUT2D eigenvalue weighted by atomic mass is 10.2. The minimum absolute atomic E-state index is 0.0991. The van der Waals surface area contributed by atoms with Crippen LogP contribution in [-0.2, 0) is 10.2 Å². The molecule has 4 nitrogen and oxygen atoms in total. The van der Waals surface area contributed by atoms with Crippen molar-refractivity contribution in [2.24, 2.45) is 0 Å². The number of hydrogen-bond donors (Lipinski definition) is 1. The lowest BCUT2D eigenvalue weighted by Gasteiger charge is -2.01. The van der Waals surface area contributed by atoms with Gasteiger partial charge in [-0.1, -0.05) is 0 Å². The lowest BCUT2D eigenvalue weighted by molar-refractivity contribution is 0.0686. The van der Waals surface area contributed by atoms with Crippen LogP contribution in [0.25, 0.3) is 0 Å². The molecule has 0 heterocycles. The van der Waals surface area contributed by atoms with Crippen LogP contribution < -0.4 is 0 Å². The molecule has 0 aliphatic heterocycles. The van der Waals surface area contributed by atoms with Gasteiger partial charge in [0.1, 0.15) is 22.1 Å². The fourth-order valence-electron chi connectivity index (χ4n) is 0.895. The first-order chi connectivity index (χ1) is 6.73. The van der Waals surface area contributed by atoms with Gasteiger partial charge in [0.25, 0.3) is 0 Å². The van der Waals surface area contributed by atoms with Crippen LogP contribution in [0.15, 0.2) is 17.0 Å². The summed E-state index contributed by atoms with van der Waals surface area (Å²) in [5, 5.41) is 8.32. The standard InChI is InChI=1S/C7H3F3O4S/c8-4-1-3(15(10,13)14)2-5(9)6(4)7(11)12/h1-2H,(H,11,12). The van der Waals surface area contributed by atoms with Gasteiger partial charge in [-0.3, -0.25) is 0 Å². The zero-order valence-corrected chi connectivity index (χ0v) is 7.69. The number of aromatic carboxylic acids is 1. The number of carboxylic acids is 1. The van der Waals surface area contributed by atoms with Crippen molar-refractivity contribution in [3.8, 4) is 0 Å². The van der Waals surface area contributed by atoms with E-state index in [4.69, 9.17) is 5.11 Å². The van der Waals surface area contributed by atoms with Gasteiger partial charge in [0.15, 0.2) is 0 Å². The maximum absolute atomic E-state index is 12.8. The van der Waals surface area contributed by atoms with E-state index in [0.29, 0.717) is 0 Å². The average Bonchev–Trinajstić information content (AvgIpc) is 1.99. The van der Waals surface area contributed by atoms with Gasteiger partial charge in [-0.25, -0.2) is 13.6 Å². The summed E-state index contributed by atoms with van der Waals surface area (Å²) in [6, 6.07) is 0.198. The summed E-state index contributed by atoms with van der Waals surface area (Å²) in [7, 11) is -5.26. The molecule has 0 spiro atoms. The largest absolute Gasteiger partial charge is 0.477 e. The van der Waals surface area contributed by atoms with Crippen molar-refractivity contribution in [1.29, 1.82) is 0 Å². The van der Waals surface area contributed by atoms with E-state index in [1.54, 1.807) is 0 Å². The molecular weight excluding hydrogens is 237 g/mol. The van der Waals surface area contributed by atoms with Gasteiger partial charge in [-0.2, -0.15) is 8.42 Å². The first-order valence-electron chi connectivity index (χ1n) is 3.40. The van der Waals surface area contributed by atoms with E-state index >= 15 is 0 Å². The third-order valence-corrected chi connectivity index (χ3v) is 2.31. The Bertz CT molecular complexity index is 500. The van der Waals surface area contributed by atoms with Crippen LogP contribution in [-0.4, -0.2) is 19.5 Å². The second-order valence-corrected chi connectivity index (χ2v) is 3.85.